The zero-order valence-electron chi connectivity index (χ0n) is 13.2. The molecule has 0 spiro atoms. The topological polar surface area (TPSA) is 105 Å². The fourth-order valence-corrected chi connectivity index (χ4v) is 2.57. The van der Waals surface area contributed by atoms with Crippen LogP contribution >= 0.6 is 11.6 Å². The number of nitriles is 1. The first-order chi connectivity index (χ1) is 12.0. The molecular weight excluding hydrogens is 342 g/mol. The third-order valence-corrected chi connectivity index (χ3v) is 3.84. The number of hydrogen-bond acceptors (Lipinski definition) is 4. The van der Waals surface area contributed by atoms with Gasteiger partial charge in [-0.2, -0.15) is 5.26 Å². The van der Waals surface area contributed by atoms with E-state index in [0.717, 1.165) is 0 Å². The summed E-state index contributed by atoms with van der Waals surface area (Å²) in [6, 6.07) is 14.2. The number of rotatable bonds is 6. The Morgan fingerprint density at radius 3 is 2.56 bits per heavy atom. The number of esters is 1. The minimum absolute atomic E-state index is 0.0334. The highest BCUT2D eigenvalue weighted by Gasteiger charge is 2.20. The van der Waals surface area contributed by atoms with Gasteiger partial charge >= 0.3 is 12.0 Å². The highest BCUT2D eigenvalue weighted by molar-refractivity contribution is 6.31. The van der Waals surface area contributed by atoms with E-state index in [-0.39, 0.29) is 13.0 Å². The summed E-state index contributed by atoms with van der Waals surface area (Å²) in [4.78, 5) is 23.4. The van der Waals surface area contributed by atoms with E-state index < -0.39 is 18.0 Å². The molecule has 0 saturated heterocycles. The third-order valence-electron chi connectivity index (χ3n) is 3.49. The van der Waals surface area contributed by atoms with Crippen molar-refractivity contribution in [1.82, 2.24) is 5.32 Å². The van der Waals surface area contributed by atoms with Gasteiger partial charge in [0.05, 0.1) is 24.1 Å². The van der Waals surface area contributed by atoms with Crippen LogP contribution in [0.4, 0.5) is 4.79 Å². The SMILES string of the molecule is N#Cc1ccccc1COC(=O)C[C@@H](NC(N)=O)c1ccccc1Cl. The van der Waals surface area contributed by atoms with Crippen LogP contribution in [0.2, 0.25) is 5.02 Å². The second-order valence-corrected chi connectivity index (χ2v) is 5.62. The maximum absolute atomic E-state index is 12.2. The number of amides is 2. The lowest BCUT2D eigenvalue weighted by atomic mass is 10.0. The molecule has 2 rings (SSSR count). The van der Waals surface area contributed by atoms with Crippen LogP contribution in [0, 0.1) is 11.3 Å². The van der Waals surface area contributed by atoms with Crippen molar-refractivity contribution in [3.05, 3.63) is 70.2 Å². The molecule has 0 unspecified atom stereocenters. The number of benzene rings is 2. The van der Waals surface area contributed by atoms with Crippen LogP contribution in [0.1, 0.15) is 29.2 Å². The van der Waals surface area contributed by atoms with E-state index in [9.17, 15) is 9.59 Å². The summed E-state index contributed by atoms with van der Waals surface area (Å²) in [5.74, 6) is -0.550. The first kappa shape index (κ1) is 18.3. The summed E-state index contributed by atoms with van der Waals surface area (Å²) in [6.45, 7) is -0.0334. The molecule has 0 saturated carbocycles. The van der Waals surface area contributed by atoms with Crippen LogP contribution in [-0.4, -0.2) is 12.0 Å². The number of halogens is 1. The van der Waals surface area contributed by atoms with E-state index in [1.165, 1.54) is 0 Å². The number of nitrogens with two attached hydrogens (primary N) is 1. The van der Waals surface area contributed by atoms with E-state index in [4.69, 9.17) is 27.3 Å². The Bertz CT molecular complexity index is 817. The van der Waals surface area contributed by atoms with Crippen LogP contribution in [0.3, 0.4) is 0 Å². The van der Waals surface area contributed by atoms with E-state index >= 15 is 0 Å². The van der Waals surface area contributed by atoms with Crippen molar-refractivity contribution >= 4 is 23.6 Å². The van der Waals surface area contributed by atoms with Gasteiger partial charge in [-0.15, -0.1) is 0 Å². The van der Waals surface area contributed by atoms with Crippen LogP contribution < -0.4 is 11.1 Å². The first-order valence-electron chi connectivity index (χ1n) is 7.45. The maximum Gasteiger partial charge on any atom is 0.312 e. The third kappa shape index (κ3) is 5.23. The standard InChI is InChI=1S/C18H16ClN3O3/c19-15-8-4-3-7-14(15)16(22-18(21)24)9-17(23)25-11-13-6-2-1-5-12(13)10-20/h1-8,16H,9,11H2,(H3,21,22,24)/t16-/m1/s1. The Balaban J connectivity index is 2.06. The zero-order chi connectivity index (χ0) is 18.2. The molecule has 6 nitrogen and oxygen atoms in total. The van der Waals surface area contributed by atoms with Gasteiger partial charge < -0.3 is 15.8 Å². The monoisotopic (exact) mass is 357 g/mol. The minimum Gasteiger partial charge on any atom is -0.461 e. The second-order valence-electron chi connectivity index (χ2n) is 5.22. The van der Waals surface area contributed by atoms with Gasteiger partial charge in [-0.3, -0.25) is 4.79 Å². The van der Waals surface area contributed by atoms with Crippen LogP contribution in [0.15, 0.2) is 48.5 Å². The first-order valence-corrected chi connectivity index (χ1v) is 7.83. The lowest BCUT2D eigenvalue weighted by Crippen LogP contribution is -2.34. The minimum atomic E-state index is -0.771. The molecule has 128 valence electrons. The van der Waals surface area contributed by atoms with Crippen LogP contribution in [0.25, 0.3) is 0 Å². The summed E-state index contributed by atoms with van der Waals surface area (Å²) in [5, 5.41) is 11.9. The number of nitrogens with zero attached hydrogens (tertiary/aromatic N) is 1. The van der Waals surface area contributed by atoms with E-state index in [1.807, 2.05) is 6.07 Å². The van der Waals surface area contributed by atoms with Crippen molar-refractivity contribution in [2.24, 2.45) is 5.73 Å². The highest BCUT2D eigenvalue weighted by atomic mass is 35.5. The van der Waals surface area contributed by atoms with E-state index in [2.05, 4.69) is 5.32 Å². The molecule has 2 amide bonds. The molecule has 7 heteroatoms. The van der Waals surface area contributed by atoms with Gasteiger partial charge in [0.2, 0.25) is 0 Å². The molecule has 0 aliphatic heterocycles. The Labute approximate surface area is 150 Å². The highest BCUT2D eigenvalue weighted by Crippen LogP contribution is 2.25. The molecule has 0 aliphatic rings. The summed E-state index contributed by atoms with van der Waals surface area (Å²) in [6.07, 6.45) is -0.138. The number of urea groups is 1. The number of carbonyl (C=O) groups is 2. The molecule has 3 N–H and O–H groups in total. The number of hydrogen-bond donors (Lipinski definition) is 2. The molecule has 2 aromatic rings. The lowest BCUT2D eigenvalue weighted by Gasteiger charge is -2.18. The Hall–Kier alpha value is -3.04. The van der Waals surface area contributed by atoms with Gasteiger partial charge in [-0.25, -0.2) is 4.79 Å². The molecule has 0 aliphatic carbocycles. The fraction of sp³-hybridized carbons (Fsp3) is 0.167. The normalized spacial score (nSPS) is 11.2. The van der Waals surface area contributed by atoms with E-state index in [0.29, 0.717) is 21.7 Å². The molecule has 25 heavy (non-hydrogen) atoms. The molecule has 0 aromatic heterocycles. The summed E-state index contributed by atoms with van der Waals surface area (Å²) in [7, 11) is 0. The second kappa shape index (κ2) is 8.71. The Morgan fingerprint density at radius 2 is 1.88 bits per heavy atom. The predicted octanol–water partition coefficient (Wildman–Crippen LogP) is 3.05. The molecule has 1 atom stereocenters. The molecule has 0 fully saturated rings. The quantitative estimate of drug-likeness (QED) is 0.775. The van der Waals surface area contributed by atoms with Gasteiger partial charge in [0.15, 0.2) is 0 Å². The summed E-state index contributed by atoms with van der Waals surface area (Å²) >= 11 is 6.12. The lowest BCUT2D eigenvalue weighted by molar-refractivity contribution is -0.145. The van der Waals surface area contributed by atoms with Crippen molar-refractivity contribution in [3.8, 4) is 6.07 Å². The van der Waals surface area contributed by atoms with Gasteiger partial charge in [-0.1, -0.05) is 48.0 Å². The molecule has 0 radical (unpaired) electrons. The molecule has 2 aromatic carbocycles. The summed E-state index contributed by atoms with van der Waals surface area (Å²) < 4.78 is 5.22. The largest absolute Gasteiger partial charge is 0.461 e. The van der Waals surface area contributed by atoms with Gasteiger partial charge in [0.1, 0.15) is 6.61 Å². The van der Waals surface area contributed by atoms with Gasteiger partial charge in [-0.05, 0) is 17.7 Å². The smallest absolute Gasteiger partial charge is 0.312 e. The van der Waals surface area contributed by atoms with Crippen molar-refractivity contribution < 1.29 is 14.3 Å². The maximum atomic E-state index is 12.2. The fourth-order valence-electron chi connectivity index (χ4n) is 2.31. The average molecular weight is 358 g/mol. The van der Waals surface area contributed by atoms with Crippen molar-refractivity contribution in [2.45, 2.75) is 19.1 Å². The Morgan fingerprint density at radius 1 is 1.20 bits per heavy atom. The molecule has 0 heterocycles. The van der Waals surface area contributed by atoms with Crippen LogP contribution in [0.5, 0.6) is 0 Å². The predicted molar refractivity (Wildman–Crippen MR) is 92.5 cm³/mol. The van der Waals surface area contributed by atoms with Crippen molar-refractivity contribution in [3.63, 3.8) is 0 Å². The number of carbonyl (C=O) groups excluding carboxylic acids is 2. The molecular formula is C18H16ClN3O3. The molecule has 0 bridgehead atoms. The van der Waals surface area contributed by atoms with Crippen molar-refractivity contribution in [1.29, 1.82) is 5.26 Å². The van der Waals surface area contributed by atoms with Gasteiger partial charge in [0.25, 0.3) is 0 Å². The van der Waals surface area contributed by atoms with Gasteiger partial charge in [0, 0.05) is 10.6 Å². The van der Waals surface area contributed by atoms with Crippen LogP contribution in [-0.2, 0) is 16.1 Å². The number of nitrogens with one attached hydrogen (secondary N) is 1. The number of primary amides is 1. The zero-order valence-corrected chi connectivity index (χ0v) is 14.0. The Kier molecular flexibility index (Phi) is 6.38. The number of ether oxygens (including phenoxy) is 1. The summed E-state index contributed by atoms with van der Waals surface area (Å²) in [5.41, 5.74) is 6.79. The van der Waals surface area contributed by atoms with Crippen molar-refractivity contribution in [2.75, 3.05) is 0 Å². The van der Waals surface area contributed by atoms with E-state index in [1.54, 1.807) is 48.5 Å². The average Bonchev–Trinajstić information content (AvgIpc) is 2.59.